The molecule has 1 aromatic rings. The van der Waals surface area contributed by atoms with E-state index in [0.29, 0.717) is 25.3 Å². The Morgan fingerprint density at radius 1 is 1.26 bits per heavy atom. The highest BCUT2D eigenvalue weighted by Gasteiger charge is 2.40. The monoisotopic (exact) mass is 336 g/mol. The zero-order chi connectivity index (χ0) is 14.0. The standard InChI is InChI=1S/C13H16BrF3N2/c14-12-7-11(18)2-1-9(12)8-19-5-3-10(4-6-19)13(15,16)17/h1-2,7,10H,3-6,8,18H2. The van der Waals surface area contributed by atoms with E-state index in [1.54, 1.807) is 0 Å². The number of nitrogens with two attached hydrogens (primary N) is 1. The fourth-order valence-electron chi connectivity index (χ4n) is 2.35. The molecule has 1 heterocycles. The van der Waals surface area contributed by atoms with Crippen LogP contribution in [-0.4, -0.2) is 24.2 Å². The smallest absolute Gasteiger partial charge is 0.391 e. The lowest BCUT2D eigenvalue weighted by atomic mass is 9.96. The molecule has 0 atom stereocenters. The Hall–Kier alpha value is -0.750. The molecular formula is C13H16BrF3N2. The minimum absolute atomic E-state index is 0.191. The van der Waals surface area contributed by atoms with Gasteiger partial charge in [0, 0.05) is 16.7 Å². The maximum atomic E-state index is 12.6. The molecule has 6 heteroatoms. The highest BCUT2D eigenvalue weighted by molar-refractivity contribution is 9.10. The fraction of sp³-hybridized carbons (Fsp3) is 0.538. The van der Waals surface area contributed by atoms with Crippen LogP contribution in [0.3, 0.4) is 0 Å². The molecule has 1 saturated heterocycles. The first-order chi connectivity index (χ1) is 8.86. The summed E-state index contributed by atoms with van der Waals surface area (Å²) in [6.45, 7) is 1.63. The summed E-state index contributed by atoms with van der Waals surface area (Å²) in [5, 5.41) is 0. The van der Waals surface area contributed by atoms with Gasteiger partial charge in [-0.2, -0.15) is 13.2 Å². The third kappa shape index (κ3) is 3.86. The molecule has 1 fully saturated rings. The van der Waals surface area contributed by atoms with E-state index < -0.39 is 12.1 Å². The number of hydrogen-bond acceptors (Lipinski definition) is 2. The lowest BCUT2D eigenvalue weighted by molar-refractivity contribution is -0.185. The molecular weight excluding hydrogens is 321 g/mol. The van der Waals surface area contributed by atoms with Crippen LogP contribution in [-0.2, 0) is 6.54 Å². The topological polar surface area (TPSA) is 29.3 Å². The third-order valence-corrected chi connectivity index (χ3v) is 4.26. The largest absolute Gasteiger partial charge is 0.399 e. The molecule has 1 aromatic carbocycles. The van der Waals surface area contributed by atoms with Crippen molar-refractivity contribution < 1.29 is 13.2 Å². The first-order valence-electron chi connectivity index (χ1n) is 6.19. The van der Waals surface area contributed by atoms with Crippen molar-refractivity contribution in [1.82, 2.24) is 4.90 Å². The molecule has 1 aliphatic heterocycles. The van der Waals surface area contributed by atoms with E-state index >= 15 is 0 Å². The SMILES string of the molecule is Nc1ccc(CN2CCC(C(F)(F)F)CC2)c(Br)c1. The number of hydrogen-bond donors (Lipinski definition) is 1. The van der Waals surface area contributed by atoms with Crippen LogP contribution < -0.4 is 5.73 Å². The van der Waals surface area contributed by atoms with Gasteiger partial charge in [0.2, 0.25) is 0 Å². The number of piperidine rings is 1. The van der Waals surface area contributed by atoms with Crippen molar-refractivity contribution in [1.29, 1.82) is 0 Å². The van der Waals surface area contributed by atoms with Crippen LogP contribution >= 0.6 is 15.9 Å². The number of nitrogens with zero attached hydrogens (tertiary/aromatic N) is 1. The molecule has 106 valence electrons. The summed E-state index contributed by atoms with van der Waals surface area (Å²) in [6, 6.07) is 5.54. The third-order valence-electron chi connectivity index (χ3n) is 3.52. The Morgan fingerprint density at radius 3 is 2.42 bits per heavy atom. The minimum Gasteiger partial charge on any atom is -0.399 e. The van der Waals surface area contributed by atoms with E-state index in [9.17, 15) is 13.2 Å². The number of halogens is 4. The molecule has 1 aliphatic rings. The van der Waals surface area contributed by atoms with Crippen molar-refractivity contribution in [2.24, 2.45) is 5.92 Å². The van der Waals surface area contributed by atoms with E-state index in [0.717, 1.165) is 10.0 Å². The van der Waals surface area contributed by atoms with Crippen LogP contribution in [0, 0.1) is 5.92 Å². The van der Waals surface area contributed by atoms with Crippen LogP contribution in [0.25, 0.3) is 0 Å². The molecule has 0 amide bonds. The normalized spacial score (nSPS) is 18.7. The Bertz CT molecular complexity index is 440. The zero-order valence-corrected chi connectivity index (χ0v) is 12.0. The van der Waals surface area contributed by atoms with Crippen LogP contribution in [0.2, 0.25) is 0 Å². The van der Waals surface area contributed by atoms with E-state index in [1.165, 1.54) is 0 Å². The second kappa shape index (κ2) is 5.71. The molecule has 2 nitrogen and oxygen atoms in total. The zero-order valence-electron chi connectivity index (χ0n) is 10.4. The first-order valence-corrected chi connectivity index (χ1v) is 6.98. The molecule has 19 heavy (non-hydrogen) atoms. The number of likely N-dealkylation sites (tertiary alicyclic amines) is 1. The van der Waals surface area contributed by atoms with Crippen LogP contribution in [0.5, 0.6) is 0 Å². The quantitative estimate of drug-likeness (QED) is 0.832. The second-order valence-corrected chi connectivity index (χ2v) is 5.80. The van der Waals surface area contributed by atoms with Gasteiger partial charge in [-0.3, -0.25) is 4.90 Å². The molecule has 0 aliphatic carbocycles. The second-order valence-electron chi connectivity index (χ2n) is 4.94. The lowest BCUT2D eigenvalue weighted by Gasteiger charge is -2.33. The predicted molar refractivity (Wildman–Crippen MR) is 72.6 cm³/mol. The number of nitrogen functional groups attached to an aromatic ring is 1. The van der Waals surface area contributed by atoms with Crippen molar-refractivity contribution in [2.75, 3.05) is 18.8 Å². The summed E-state index contributed by atoms with van der Waals surface area (Å²) >= 11 is 3.43. The number of benzene rings is 1. The van der Waals surface area contributed by atoms with Gasteiger partial charge in [0.25, 0.3) is 0 Å². The molecule has 0 saturated carbocycles. The van der Waals surface area contributed by atoms with Gasteiger partial charge in [-0.15, -0.1) is 0 Å². The van der Waals surface area contributed by atoms with Crippen molar-refractivity contribution in [3.05, 3.63) is 28.2 Å². The van der Waals surface area contributed by atoms with Gasteiger partial charge in [0.15, 0.2) is 0 Å². The molecule has 0 radical (unpaired) electrons. The van der Waals surface area contributed by atoms with E-state index in [-0.39, 0.29) is 12.8 Å². The summed E-state index contributed by atoms with van der Waals surface area (Å²) in [5.74, 6) is -1.14. The van der Waals surface area contributed by atoms with Gasteiger partial charge >= 0.3 is 6.18 Å². The lowest BCUT2D eigenvalue weighted by Crippen LogP contribution is -2.38. The van der Waals surface area contributed by atoms with Gasteiger partial charge in [0.1, 0.15) is 0 Å². The van der Waals surface area contributed by atoms with Crippen LogP contribution in [0.1, 0.15) is 18.4 Å². The molecule has 2 rings (SSSR count). The average molecular weight is 337 g/mol. The van der Waals surface area contributed by atoms with E-state index in [4.69, 9.17) is 5.73 Å². The van der Waals surface area contributed by atoms with Crippen molar-refractivity contribution in [3.8, 4) is 0 Å². The number of anilines is 1. The number of alkyl halides is 3. The van der Waals surface area contributed by atoms with Gasteiger partial charge in [-0.1, -0.05) is 22.0 Å². The molecule has 2 N–H and O–H groups in total. The first kappa shape index (κ1) is 14.7. The summed E-state index contributed by atoms with van der Waals surface area (Å²) < 4.78 is 38.6. The van der Waals surface area contributed by atoms with Gasteiger partial charge in [-0.25, -0.2) is 0 Å². The maximum absolute atomic E-state index is 12.6. The molecule has 0 unspecified atom stereocenters. The predicted octanol–water partition coefficient (Wildman–Crippen LogP) is 3.81. The maximum Gasteiger partial charge on any atom is 0.391 e. The van der Waals surface area contributed by atoms with Crippen LogP contribution in [0.15, 0.2) is 22.7 Å². The summed E-state index contributed by atoms with van der Waals surface area (Å²) in [6.07, 6.45) is -3.67. The molecule has 0 bridgehead atoms. The fourth-order valence-corrected chi connectivity index (χ4v) is 2.87. The minimum atomic E-state index is -4.05. The van der Waals surface area contributed by atoms with E-state index in [1.807, 2.05) is 18.2 Å². The Labute approximate surface area is 118 Å². The van der Waals surface area contributed by atoms with Crippen LogP contribution in [0.4, 0.5) is 18.9 Å². The Kier molecular flexibility index (Phi) is 4.40. The van der Waals surface area contributed by atoms with Gasteiger partial charge in [0.05, 0.1) is 5.92 Å². The van der Waals surface area contributed by atoms with Crippen molar-refractivity contribution in [3.63, 3.8) is 0 Å². The highest BCUT2D eigenvalue weighted by atomic mass is 79.9. The summed E-state index contributed by atoms with van der Waals surface area (Å²) in [7, 11) is 0. The van der Waals surface area contributed by atoms with Gasteiger partial charge < -0.3 is 5.73 Å². The Morgan fingerprint density at radius 2 is 1.89 bits per heavy atom. The van der Waals surface area contributed by atoms with Crippen molar-refractivity contribution in [2.45, 2.75) is 25.6 Å². The summed E-state index contributed by atoms with van der Waals surface area (Å²) in [4.78, 5) is 2.05. The number of rotatable bonds is 2. The average Bonchev–Trinajstić information content (AvgIpc) is 2.32. The Balaban J connectivity index is 1.92. The van der Waals surface area contributed by atoms with Crippen molar-refractivity contribution >= 4 is 21.6 Å². The molecule has 0 spiro atoms. The van der Waals surface area contributed by atoms with E-state index in [2.05, 4.69) is 20.8 Å². The van der Waals surface area contributed by atoms with Gasteiger partial charge in [-0.05, 0) is 43.6 Å². The molecule has 0 aromatic heterocycles. The summed E-state index contributed by atoms with van der Waals surface area (Å²) in [5.41, 5.74) is 7.39. The highest BCUT2D eigenvalue weighted by Crippen LogP contribution is 2.34.